The number of rotatable bonds is 4. The van der Waals surface area contributed by atoms with Gasteiger partial charge in [0.1, 0.15) is 6.17 Å². The molecule has 7 heteroatoms. The number of halogens is 1. The largest absolute Gasteiger partial charge is 0.297 e. The topological polar surface area (TPSA) is 74.1 Å². The molecule has 128 valence electrons. The molecule has 0 fully saturated rings. The molecule has 0 spiro atoms. The van der Waals surface area contributed by atoms with Crippen LogP contribution in [0.3, 0.4) is 0 Å². The summed E-state index contributed by atoms with van der Waals surface area (Å²) >= 11 is 5.77. The van der Waals surface area contributed by atoms with E-state index in [-0.39, 0.29) is 29.2 Å². The molecule has 3 rings (SSSR count). The van der Waals surface area contributed by atoms with Crippen LogP contribution >= 0.6 is 11.6 Å². The van der Waals surface area contributed by atoms with E-state index in [9.17, 15) is 9.59 Å². The average Bonchev–Trinajstić information content (AvgIpc) is 2.87. The van der Waals surface area contributed by atoms with Gasteiger partial charge >= 0.3 is 0 Å². The van der Waals surface area contributed by atoms with E-state index < -0.39 is 0 Å². The Morgan fingerprint density at radius 2 is 1.92 bits per heavy atom. The summed E-state index contributed by atoms with van der Waals surface area (Å²) < 4.78 is 0. The number of unbranched alkanes of at least 4 members (excludes halogenated alkanes) is 1. The summed E-state index contributed by atoms with van der Waals surface area (Å²) in [5.74, 6) is 5.55. The number of aliphatic imine (C=N–C) groups is 2. The fourth-order valence-electron chi connectivity index (χ4n) is 2.77. The highest BCUT2D eigenvalue weighted by atomic mass is 35.5. The van der Waals surface area contributed by atoms with Crippen LogP contribution in [0, 0.1) is 17.8 Å². The van der Waals surface area contributed by atoms with E-state index in [0.717, 1.165) is 0 Å². The molecule has 2 amide bonds. The van der Waals surface area contributed by atoms with Crippen LogP contribution in [0.15, 0.2) is 34.3 Å². The van der Waals surface area contributed by atoms with E-state index in [1.165, 1.54) is 4.90 Å². The van der Waals surface area contributed by atoms with Gasteiger partial charge in [0.05, 0.1) is 17.0 Å². The highest BCUT2D eigenvalue weighted by molar-refractivity contribution is 6.65. The minimum absolute atomic E-state index is 0.146. The Morgan fingerprint density at radius 3 is 2.56 bits per heavy atom. The molecule has 0 aliphatic carbocycles. The van der Waals surface area contributed by atoms with Gasteiger partial charge in [-0.05, 0) is 37.2 Å². The Morgan fingerprint density at radius 1 is 1.24 bits per heavy atom. The first-order chi connectivity index (χ1) is 12.1. The summed E-state index contributed by atoms with van der Waals surface area (Å²) in [6, 6.07) is 6.89. The van der Waals surface area contributed by atoms with Crippen LogP contribution < -0.4 is 5.32 Å². The van der Waals surface area contributed by atoms with Gasteiger partial charge in [0.25, 0.3) is 11.8 Å². The van der Waals surface area contributed by atoms with Crippen molar-refractivity contribution < 1.29 is 9.59 Å². The van der Waals surface area contributed by atoms with Gasteiger partial charge in [-0.25, -0.2) is 9.98 Å². The number of carbonyl (C=O) groups is 2. The first kappa shape index (κ1) is 17.3. The molecule has 2 aliphatic rings. The van der Waals surface area contributed by atoms with Crippen molar-refractivity contribution in [2.24, 2.45) is 15.9 Å². The number of imide groups is 1. The Kier molecular flexibility index (Phi) is 5.27. The first-order valence-electron chi connectivity index (χ1n) is 8.00. The van der Waals surface area contributed by atoms with E-state index in [0.29, 0.717) is 30.5 Å². The molecular weight excluding hydrogens is 340 g/mol. The second kappa shape index (κ2) is 7.60. The fraction of sp³-hybridized carbons (Fsp3) is 0.333. The number of nitrogens with zero attached hydrogens (tertiary/aromatic N) is 3. The van der Waals surface area contributed by atoms with Crippen molar-refractivity contribution >= 4 is 34.9 Å². The third kappa shape index (κ3) is 3.63. The second-order valence-corrected chi connectivity index (χ2v) is 6.01. The van der Waals surface area contributed by atoms with Gasteiger partial charge in [0.15, 0.2) is 0 Å². The lowest BCUT2D eigenvalue weighted by molar-refractivity contribution is 0.0653. The molecule has 2 unspecified atom stereocenters. The summed E-state index contributed by atoms with van der Waals surface area (Å²) in [6.45, 7) is 0.360. The lowest BCUT2D eigenvalue weighted by Gasteiger charge is -2.18. The predicted molar refractivity (Wildman–Crippen MR) is 96.9 cm³/mol. The molecule has 1 aromatic carbocycles. The maximum atomic E-state index is 12.2. The van der Waals surface area contributed by atoms with Crippen molar-refractivity contribution in [2.75, 3.05) is 13.6 Å². The van der Waals surface area contributed by atoms with Gasteiger partial charge in [-0.1, -0.05) is 18.1 Å². The summed E-state index contributed by atoms with van der Waals surface area (Å²) in [5.41, 5.74) is 0.951. The number of benzene rings is 1. The SMILES string of the molecule is CNC1N=C(Cl)N=CC1C#CCCCN1C(=O)c2ccccc2C1=O. The van der Waals surface area contributed by atoms with Crippen molar-refractivity contribution in [3.63, 3.8) is 0 Å². The average molecular weight is 357 g/mol. The van der Waals surface area contributed by atoms with Crippen molar-refractivity contribution in [1.82, 2.24) is 10.2 Å². The third-order valence-electron chi connectivity index (χ3n) is 4.05. The number of carbonyl (C=O) groups excluding carboxylic acids is 2. The number of hydrogen-bond acceptors (Lipinski definition) is 5. The summed E-state index contributed by atoms with van der Waals surface area (Å²) in [4.78, 5) is 33.9. The van der Waals surface area contributed by atoms with Gasteiger partial charge in [0, 0.05) is 19.2 Å². The molecule has 0 aromatic heterocycles. The molecule has 0 bridgehead atoms. The summed E-state index contributed by atoms with van der Waals surface area (Å²) in [6.07, 6.45) is 2.66. The number of amidine groups is 1. The van der Waals surface area contributed by atoms with Crippen molar-refractivity contribution in [3.8, 4) is 11.8 Å². The summed E-state index contributed by atoms with van der Waals surface area (Å²) in [5, 5.41) is 3.24. The molecular formula is C18H17ClN4O2. The zero-order valence-corrected chi connectivity index (χ0v) is 14.5. The number of fused-ring (bicyclic) bond motifs is 1. The van der Waals surface area contributed by atoms with E-state index in [4.69, 9.17) is 11.6 Å². The van der Waals surface area contributed by atoms with Crippen LogP contribution in [0.1, 0.15) is 33.6 Å². The molecule has 0 saturated heterocycles. The Balaban J connectivity index is 1.53. The normalized spacial score (nSPS) is 21.7. The van der Waals surface area contributed by atoms with Crippen LogP contribution in [-0.2, 0) is 0 Å². The first-order valence-corrected chi connectivity index (χ1v) is 8.38. The van der Waals surface area contributed by atoms with E-state index >= 15 is 0 Å². The van der Waals surface area contributed by atoms with Gasteiger partial charge in [-0.15, -0.1) is 5.92 Å². The van der Waals surface area contributed by atoms with Gasteiger partial charge in [-0.3, -0.25) is 19.8 Å². The number of hydrogen-bond donors (Lipinski definition) is 1. The highest BCUT2D eigenvalue weighted by Gasteiger charge is 2.34. The zero-order valence-electron chi connectivity index (χ0n) is 13.7. The molecule has 1 aromatic rings. The molecule has 0 radical (unpaired) electrons. The molecule has 2 heterocycles. The van der Waals surface area contributed by atoms with Crippen LogP contribution in [0.4, 0.5) is 0 Å². The van der Waals surface area contributed by atoms with Crippen molar-refractivity contribution in [1.29, 1.82) is 0 Å². The third-order valence-corrected chi connectivity index (χ3v) is 4.25. The standard InChI is InChI=1S/C18H17ClN4O2/c1-20-15-12(11-21-18(19)22-15)7-3-2-6-10-23-16(24)13-8-4-5-9-14(13)17(23)25/h4-5,8-9,11-12,15,20H,2,6,10H2,1H3. The number of amides is 2. The van der Waals surface area contributed by atoms with Crippen LogP contribution in [-0.4, -0.2) is 48.0 Å². The minimum atomic E-state index is -0.229. The molecule has 6 nitrogen and oxygen atoms in total. The van der Waals surface area contributed by atoms with Crippen LogP contribution in [0.25, 0.3) is 0 Å². The van der Waals surface area contributed by atoms with Crippen LogP contribution in [0.2, 0.25) is 0 Å². The Hall–Kier alpha value is -2.49. The molecule has 2 aliphatic heterocycles. The van der Waals surface area contributed by atoms with E-state index in [1.807, 2.05) is 0 Å². The van der Waals surface area contributed by atoms with Crippen molar-refractivity contribution in [3.05, 3.63) is 35.4 Å². The minimum Gasteiger partial charge on any atom is -0.297 e. The van der Waals surface area contributed by atoms with E-state index in [1.54, 1.807) is 37.5 Å². The molecule has 1 N–H and O–H groups in total. The van der Waals surface area contributed by atoms with E-state index in [2.05, 4.69) is 27.1 Å². The maximum absolute atomic E-state index is 12.2. The van der Waals surface area contributed by atoms with Gasteiger partial charge in [0.2, 0.25) is 5.29 Å². The van der Waals surface area contributed by atoms with Crippen LogP contribution in [0.5, 0.6) is 0 Å². The van der Waals surface area contributed by atoms with Gasteiger partial charge in [-0.2, -0.15) is 0 Å². The predicted octanol–water partition coefficient (Wildman–Crippen LogP) is 1.91. The summed E-state index contributed by atoms with van der Waals surface area (Å²) in [7, 11) is 1.79. The monoisotopic (exact) mass is 356 g/mol. The zero-order chi connectivity index (χ0) is 17.8. The molecule has 25 heavy (non-hydrogen) atoms. The Labute approximate surface area is 151 Å². The lowest BCUT2D eigenvalue weighted by atomic mass is 10.1. The van der Waals surface area contributed by atoms with Gasteiger partial charge < -0.3 is 0 Å². The number of nitrogens with one attached hydrogen (secondary N) is 1. The highest BCUT2D eigenvalue weighted by Crippen LogP contribution is 2.22. The quantitative estimate of drug-likeness (QED) is 0.387. The molecule has 2 atom stereocenters. The smallest absolute Gasteiger partial charge is 0.261 e. The fourth-order valence-corrected chi connectivity index (χ4v) is 2.93. The maximum Gasteiger partial charge on any atom is 0.261 e. The second-order valence-electron chi connectivity index (χ2n) is 5.67. The van der Waals surface area contributed by atoms with Crippen molar-refractivity contribution in [2.45, 2.75) is 19.0 Å². The Bertz CT molecular complexity index is 787. The molecule has 0 saturated carbocycles. The lowest BCUT2D eigenvalue weighted by Crippen LogP contribution is -2.34.